The fourth-order valence-corrected chi connectivity index (χ4v) is 4.62. The highest BCUT2D eigenvalue weighted by molar-refractivity contribution is 6.35. The zero-order valence-electron chi connectivity index (χ0n) is 16.7. The van der Waals surface area contributed by atoms with Crippen LogP contribution in [0.4, 0.5) is 5.69 Å². The number of carbonyl (C=O) groups is 2. The molecule has 1 aromatic carbocycles. The molecular formula is C21H25ClN4O3. The lowest BCUT2D eigenvalue weighted by atomic mass is 10.0. The van der Waals surface area contributed by atoms with Gasteiger partial charge in [-0.3, -0.25) is 14.6 Å². The number of amides is 1. The standard InChI is InChI=1S/C21H25ClN4O3/c1-20(2,3)29-19(28)21-10-24-8-13(21)14(21)9-26-18(27)12-7-15(22)16(23)11-5-4-6-25-17(11)12/h4-7,13-14,24H,8-10,23H2,1-3H3,(H,26,27). The van der Waals surface area contributed by atoms with Crippen molar-refractivity contribution in [2.24, 2.45) is 17.3 Å². The van der Waals surface area contributed by atoms with Gasteiger partial charge in [0.1, 0.15) is 5.60 Å². The van der Waals surface area contributed by atoms with Gasteiger partial charge in [-0.05, 0) is 57.4 Å². The zero-order valence-corrected chi connectivity index (χ0v) is 17.5. The molecule has 8 heteroatoms. The summed E-state index contributed by atoms with van der Waals surface area (Å²) in [6, 6.07) is 5.08. The third-order valence-corrected chi connectivity index (χ3v) is 6.18. The summed E-state index contributed by atoms with van der Waals surface area (Å²) in [6.45, 7) is 7.30. The number of nitrogen functional groups attached to an aromatic ring is 1. The molecular weight excluding hydrogens is 392 g/mol. The summed E-state index contributed by atoms with van der Waals surface area (Å²) in [5.74, 6) is -0.261. The molecule has 2 fully saturated rings. The van der Waals surface area contributed by atoms with Crippen LogP contribution in [0.2, 0.25) is 5.02 Å². The number of benzene rings is 1. The predicted molar refractivity (Wildman–Crippen MR) is 112 cm³/mol. The maximum atomic E-state index is 12.9. The number of nitrogens with one attached hydrogen (secondary N) is 2. The Morgan fingerprint density at radius 2 is 2.21 bits per heavy atom. The molecule has 4 N–H and O–H groups in total. The second-order valence-electron chi connectivity index (χ2n) is 8.82. The van der Waals surface area contributed by atoms with Gasteiger partial charge in [0, 0.05) is 24.7 Å². The molecule has 154 valence electrons. The van der Waals surface area contributed by atoms with Crippen LogP contribution in [0.15, 0.2) is 24.4 Å². The minimum Gasteiger partial charge on any atom is -0.459 e. The van der Waals surface area contributed by atoms with Crippen LogP contribution in [0.25, 0.3) is 10.9 Å². The van der Waals surface area contributed by atoms with Gasteiger partial charge in [0.25, 0.3) is 5.91 Å². The number of ether oxygens (including phenoxy) is 1. The van der Waals surface area contributed by atoms with Crippen molar-refractivity contribution < 1.29 is 14.3 Å². The molecule has 0 spiro atoms. The van der Waals surface area contributed by atoms with Gasteiger partial charge >= 0.3 is 5.97 Å². The number of halogens is 1. The maximum Gasteiger partial charge on any atom is 0.314 e. The first kappa shape index (κ1) is 19.9. The lowest BCUT2D eigenvalue weighted by Gasteiger charge is -2.24. The molecule has 1 saturated carbocycles. The molecule has 1 saturated heterocycles. The molecule has 2 aliphatic rings. The number of esters is 1. The van der Waals surface area contributed by atoms with E-state index in [0.29, 0.717) is 40.3 Å². The van der Waals surface area contributed by atoms with Crippen LogP contribution in [0, 0.1) is 17.3 Å². The van der Waals surface area contributed by atoms with Crippen LogP contribution < -0.4 is 16.4 Å². The van der Waals surface area contributed by atoms with E-state index < -0.39 is 11.0 Å². The molecule has 3 atom stereocenters. The van der Waals surface area contributed by atoms with Gasteiger partial charge in [0.15, 0.2) is 0 Å². The Bertz CT molecular complexity index is 1000. The molecule has 29 heavy (non-hydrogen) atoms. The van der Waals surface area contributed by atoms with E-state index >= 15 is 0 Å². The van der Waals surface area contributed by atoms with Crippen LogP contribution in [0.5, 0.6) is 0 Å². The van der Waals surface area contributed by atoms with Gasteiger partial charge in [-0.15, -0.1) is 0 Å². The molecule has 1 aliphatic heterocycles. The highest BCUT2D eigenvalue weighted by atomic mass is 35.5. The maximum absolute atomic E-state index is 12.9. The summed E-state index contributed by atoms with van der Waals surface area (Å²) in [5.41, 5.74) is 6.20. The number of aromatic nitrogens is 1. The van der Waals surface area contributed by atoms with Gasteiger partial charge in [0.2, 0.25) is 0 Å². The molecule has 2 heterocycles. The Balaban J connectivity index is 1.51. The van der Waals surface area contributed by atoms with Crippen molar-refractivity contribution in [1.29, 1.82) is 0 Å². The van der Waals surface area contributed by atoms with E-state index in [4.69, 9.17) is 22.1 Å². The molecule has 2 aromatic rings. The number of anilines is 1. The third-order valence-electron chi connectivity index (χ3n) is 5.87. The first-order chi connectivity index (χ1) is 13.6. The van der Waals surface area contributed by atoms with E-state index in [-0.39, 0.29) is 23.7 Å². The van der Waals surface area contributed by atoms with Crippen LogP contribution in [0.1, 0.15) is 31.1 Å². The fraction of sp³-hybridized carbons (Fsp3) is 0.476. The van der Waals surface area contributed by atoms with Crippen LogP contribution in [0.3, 0.4) is 0 Å². The summed E-state index contributed by atoms with van der Waals surface area (Å²) in [6.07, 6.45) is 1.61. The van der Waals surface area contributed by atoms with Gasteiger partial charge in [0.05, 0.1) is 27.2 Å². The number of nitrogens with two attached hydrogens (primary N) is 1. The van der Waals surface area contributed by atoms with Crippen LogP contribution in [-0.4, -0.2) is 42.1 Å². The molecule has 1 aromatic heterocycles. The number of pyridine rings is 1. The Morgan fingerprint density at radius 3 is 2.93 bits per heavy atom. The predicted octanol–water partition coefficient (Wildman–Crippen LogP) is 2.38. The Hall–Kier alpha value is -2.38. The quantitative estimate of drug-likeness (QED) is 0.522. The summed E-state index contributed by atoms with van der Waals surface area (Å²) in [5, 5.41) is 7.17. The molecule has 3 unspecified atom stereocenters. The number of hydrogen-bond acceptors (Lipinski definition) is 6. The second kappa shape index (κ2) is 6.85. The van der Waals surface area contributed by atoms with Crippen molar-refractivity contribution in [3.63, 3.8) is 0 Å². The molecule has 4 rings (SSSR count). The highest BCUT2D eigenvalue weighted by Gasteiger charge is 2.72. The first-order valence-electron chi connectivity index (χ1n) is 9.70. The van der Waals surface area contributed by atoms with Crippen molar-refractivity contribution in [2.45, 2.75) is 26.4 Å². The Morgan fingerprint density at radius 1 is 1.45 bits per heavy atom. The van der Waals surface area contributed by atoms with E-state index in [9.17, 15) is 9.59 Å². The monoisotopic (exact) mass is 416 g/mol. The molecule has 0 radical (unpaired) electrons. The normalized spacial score (nSPS) is 25.5. The van der Waals surface area contributed by atoms with Crippen molar-refractivity contribution >= 4 is 40.1 Å². The highest BCUT2D eigenvalue weighted by Crippen LogP contribution is 2.61. The average Bonchev–Trinajstić information content (AvgIpc) is 3.04. The summed E-state index contributed by atoms with van der Waals surface area (Å²) < 4.78 is 5.64. The molecule has 1 amide bonds. The SMILES string of the molecule is CC(C)(C)OC(=O)C12CNCC1C2CNC(=O)c1cc(Cl)c(N)c2cccnc12. The van der Waals surface area contributed by atoms with E-state index in [1.54, 1.807) is 24.4 Å². The average molecular weight is 417 g/mol. The van der Waals surface area contributed by atoms with Crippen molar-refractivity contribution in [2.75, 3.05) is 25.4 Å². The van der Waals surface area contributed by atoms with Crippen molar-refractivity contribution in [3.05, 3.63) is 35.0 Å². The molecule has 0 bridgehead atoms. The lowest BCUT2D eigenvalue weighted by Crippen LogP contribution is -2.37. The number of carbonyl (C=O) groups excluding carboxylic acids is 2. The van der Waals surface area contributed by atoms with Crippen molar-refractivity contribution in [3.8, 4) is 0 Å². The Labute approximate surface area is 174 Å². The third kappa shape index (κ3) is 3.32. The summed E-state index contributed by atoms with van der Waals surface area (Å²) >= 11 is 6.21. The lowest BCUT2D eigenvalue weighted by molar-refractivity contribution is -0.162. The zero-order chi connectivity index (χ0) is 21.0. The smallest absolute Gasteiger partial charge is 0.314 e. The molecule has 7 nitrogen and oxygen atoms in total. The second-order valence-corrected chi connectivity index (χ2v) is 9.22. The fourth-order valence-electron chi connectivity index (χ4n) is 4.41. The van der Waals surface area contributed by atoms with E-state index in [0.717, 1.165) is 6.54 Å². The van der Waals surface area contributed by atoms with Crippen molar-refractivity contribution in [1.82, 2.24) is 15.6 Å². The number of hydrogen-bond donors (Lipinski definition) is 3. The summed E-state index contributed by atoms with van der Waals surface area (Å²) in [7, 11) is 0. The van der Waals surface area contributed by atoms with E-state index in [2.05, 4.69) is 15.6 Å². The minimum atomic E-state index is -0.556. The van der Waals surface area contributed by atoms with Crippen LogP contribution >= 0.6 is 11.6 Å². The number of fused-ring (bicyclic) bond motifs is 2. The Kier molecular flexibility index (Phi) is 4.70. The van der Waals surface area contributed by atoms with E-state index in [1.165, 1.54) is 0 Å². The van der Waals surface area contributed by atoms with Gasteiger partial charge < -0.3 is 21.1 Å². The topological polar surface area (TPSA) is 106 Å². The summed E-state index contributed by atoms with van der Waals surface area (Å²) in [4.78, 5) is 30.0. The largest absolute Gasteiger partial charge is 0.459 e. The van der Waals surface area contributed by atoms with Gasteiger partial charge in [-0.25, -0.2) is 0 Å². The van der Waals surface area contributed by atoms with Gasteiger partial charge in [-0.1, -0.05) is 11.6 Å². The van der Waals surface area contributed by atoms with Crippen LogP contribution in [-0.2, 0) is 9.53 Å². The van der Waals surface area contributed by atoms with E-state index in [1.807, 2.05) is 20.8 Å². The number of piperidine rings is 1. The van der Waals surface area contributed by atoms with Gasteiger partial charge in [-0.2, -0.15) is 0 Å². The minimum absolute atomic E-state index is 0.0472. The molecule has 1 aliphatic carbocycles. The first-order valence-corrected chi connectivity index (χ1v) is 10.1. The number of rotatable bonds is 4. The number of nitrogens with zero attached hydrogens (tertiary/aromatic N) is 1.